The van der Waals surface area contributed by atoms with Crippen LogP contribution in [-0.2, 0) is 6.42 Å². The normalized spacial score (nSPS) is 10.7. The Labute approximate surface area is 130 Å². The molecule has 0 bridgehead atoms. The third-order valence-electron chi connectivity index (χ3n) is 3.46. The summed E-state index contributed by atoms with van der Waals surface area (Å²) in [6.07, 6.45) is 2.18. The average Bonchev–Trinajstić information content (AvgIpc) is 2.55. The smallest absolute Gasteiger partial charge is 0.284 e. The molecule has 3 aromatic rings. The van der Waals surface area contributed by atoms with Gasteiger partial charge in [0.25, 0.3) is 11.5 Å². The summed E-state index contributed by atoms with van der Waals surface area (Å²) in [6, 6.07) is 11.4. The summed E-state index contributed by atoms with van der Waals surface area (Å²) in [4.78, 5) is 30.0. The highest BCUT2D eigenvalue weighted by Crippen LogP contribution is 2.24. The first-order valence-corrected chi connectivity index (χ1v) is 6.82. The Bertz CT molecular complexity index is 935. The average molecular weight is 311 g/mol. The van der Waals surface area contributed by atoms with Gasteiger partial charge in [0.15, 0.2) is 11.3 Å². The van der Waals surface area contributed by atoms with Crippen molar-refractivity contribution in [2.24, 2.45) is 0 Å². The Balaban J connectivity index is 2.08. The number of amides is 1. The Morgan fingerprint density at radius 3 is 2.65 bits per heavy atom. The first kappa shape index (κ1) is 14.7. The summed E-state index contributed by atoms with van der Waals surface area (Å²) in [5.74, 6) is -1.66. The maximum Gasteiger partial charge on any atom is 0.284 e. The van der Waals surface area contributed by atoms with Crippen molar-refractivity contribution < 1.29 is 15.1 Å². The number of carbonyl (C=O) groups is 1. The van der Waals surface area contributed by atoms with Crippen LogP contribution in [0.3, 0.4) is 0 Å². The molecule has 0 fully saturated rings. The van der Waals surface area contributed by atoms with E-state index < -0.39 is 22.8 Å². The molecule has 7 heteroatoms. The fourth-order valence-corrected chi connectivity index (χ4v) is 2.40. The molecule has 0 aliphatic carbocycles. The second-order valence-electron chi connectivity index (χ2n) is 5.02. The number of rotatable bonds is 3. The van der Waals surface area contributed by atoms with Crippen LogP contribution in [0.25, 0.3) is 11.0 Å². The number of hydrogen-bond donors (Lipinski definition) is 4. The van der Waals surface area contributed by atoms with E-state index in [9.17, 15) is 14.7 Å². The van der Waals surface area contributed by atoms with Gasteiger partial charge in [-0.1, -0.05) is 30.3 Å². The molecule has 0 saturated heterocycles. The number of nitrogens with one attached hydrogen (secondary N) is 2. The van der Waals surface area contributed by atoms with Gasteiger partial charge in [-0.25, -0.2) is 5.48 Å². The number of hydrogen-bond acceptors (Lipinski definition) is 5. The van der Waals surface area contributed by atoms with Crippen molar-refractivity contribution in [3.8, 4) is 5.75 Å². The van der Waals surface area contributed by atoms with Gasteiger partial charge < -0.3 is 10.1 Å². The lowest BCUT2D eigenvalue weighted by atomic mass is 10.1. The number of aromatic amines is 1. The third-order valence-corrected chi connectivity index (χ3v) is 3.46. The van der Waals surface area contributed by atoms with Gasteiger partial charge in [0.1, 0.15) is 5.52 Å². The summed E-state index contributed by atoms with van der Waals surface area (Å²) in [7, 11) is 0. The Morgan fingerprint density at radius 2 is 1.96 bits per heavy atom. The quantitative estimate of drug-likeness (QED) is 0.430. The molecule has 2 aromatic heterocycles. The van der Waals surface area contributed by atoms with Crippen LogP contribution in [0, 0.1) is 0 Å². The van der Waals surface area contributed by atoms with Gasteiger partial charge in [-0.2, -0.15) is 0 Å². The van der Waals surface area contributed by atoms with Gasteiger partial charge in [-0.05, 0) is 23.6 Å². The molecule has 23 heavy (non-hydrogen) atoms. The summed E-state index contributed by atoms with van der Waals surface area (Å²) in [5.41, 5.74) is 2.26. The van der Waals surface area contributed by atoms with E-state index in [2.05, 4.69) is 9.97 Å². The van der Waals surface area contributed by atoms with Gasteiger partial charge in [-0.3, -0.25) is 19.8 Å². The summed E-state index contributed by atoms with van der Waals surface area (Å²) in [5, 5.41) is 18.7. The van der Waals surface area contributed by atoms with E-state index in [0.29, 0.717) is 11.9 Å². The summed E-state index contributed by atoms with van der Waals surface area (Å²) < 4.78 is 0. The van der Waals surface area contributed by atoms with E-state index in [-0.39, 0.29) is 5.52 Å². The molecule has 2 heterocycles. The van der Waals surface area contributed by atoms with Gasteiger partial charge >= 0.3 is 0 Å². The van der Waals surface area contributed by atoms with Crippen LogP contribution >= 0.6 is 0 Å². The van der Waals surface area contributed by atoms with E-state index in [1.54, 1.807) is 12.3 Å². The SMILES string of the molecule is O=C(NO)c1c(O)c2ncc(Cc3ccccc3)cc2[nH]c1=O. The molecule has 3 rings (SSSR count). The molecular weight excluding hydrogens is 298 g/mol. The van der Waals surface area contributed by atoms with Crippen molar-refractivity contribution in [1.29, 1.82) is 0 Å². The number of hydroxylamine groups is 1. The predicted molar refractivity (Wildman–Crippen MR) is 82.5 cm³/mol. The van der Waals surface area contributed by atoms with E-state index in [1.165, 1.54) is 5.48 Å². The minimum Gasteiger partial charge on any atom is -0.505 e. The maximum atomic E-state index is 11.9. The molecule has 0 atom stereocenters. The monoisotopic (exact) mass is 311 g/mol. The van der Waals surface area contributed by atoms with Crippen molar-refractivity contribution in [1.82, 2.24) is 15.4 Å². The third kappa shape index (κ3) is 2.77. The maximum absolute atomic E-state index is 11.9. The highest BCUT2D eigenvalue weighted by atomic mass is 16.5. The van der Waals surface area contributed by atoms with Crippen molar-refractivity contribution in [2.45, 2.75) is 6.42 Å². The predicted octanol–water partition coefficient (Wildman–Crippen LogP) is 1.34. The number of nitrogens with zero attached hydrogens (tertiary/aromatic N) is 1. The molecule has 0 unspecified atom stereocenters. The Kier molecular flexibility index (Phi) is 3.78. The molecule has 116 valence electrons. The highest BCUT2D eigenvalue weighted by Gasteiger charge is 2.19. The number of aromatic hydroxyl groups is 1. The van der Waals surface area contributed by atoms with Crippen LogP contribution in [0.1, 0.15) is 21.5 Å². The van der Waals surface area contributed by atoms with Crippen LogP contribution in [0.5, 0.6) is 5.75 Å². The molecular formula is C16H13N3O4. The largest absolute Gasteiger partial charge is 0.505 e. The van der Waals surface area contributed by atoms with Crippen molar-refractivity contribution >= 4 is 16.9 Å². The fraction of sp³-hybridized carbons (Fsp3) is 0.0625. The van der Waals surface area contributed by atoms with E-state index in [4.69, 9.17) is 5.21 Å². The van der Waals surface area contributed by atoms with Gasteiger partial charge in [0.2, 0.25) is 0 Å². The lowest BCUT2D eigenvalue weighted by Gasteiger charge is -2.07. The van der Waals surface area contributed by atoms with Crippen molar-refractivity contribution in [3.63, 3.8) is 0 Å². The molecule has 0 aliphatic rings. The molecule has 0 spiro atoms. The lowest BCUT2D eigenvalue weighted by Crippen LogP contribution is -2.27. The second kappa shape index (κ2) is 5.90. The molecule has 0 radical (unpaired) electrons. The van der Waals surface area contributed by atoms with Crippen molar-refractivity contribution in [3.05, 3.63) is 69.6 Å². The highest BCUT2D eigenvalue weighted by molar-refractivity contribution is 6.00. The molecule has 7 nitrogen and oxygen atoms in total. The van der Waals surface area contributed by atoms with Crippen LogP contribution in [0.2, 0.25) is 0 Å². The van der Waals surface area contributed by atoms with Crippen molar-refractivity contribution in [2.75, 3.05) is 0 Å². The Hall–Kier alpha value is -3.19. The molecule has 1 aromatic carbocycles. The number of benzene rings is 1. The van der Waals surface area contributed by atoms with E-state index in [0.717, 1.165) is 11.1 Å². The van der Waals surface area contributed by atoms with E-state index in [1.807, 2.05) is 30.3 Å². The minimum absolute atomic E-state index is 0.0833. The van der Waals surface area contributed by atoms with Crippen LogP contribution < -0.4 is 11.0 Å². The van der Waals surface area contributed by atoms with Gasteiger partial charge in [0, 0.05) is 6.20 Å². The Morgan fingerprint density at radius 1 is 1.22 bits per heavy atom. The number of fused-ring (bicyclic) bond motifs is 1. The van der Waals surface area contributed by atoms with Crippen LogP contribution in [0.4, 0.5) is 0 Å². The fourth-order valence-electron chi connectivity index (χ4n) is 2.40. The first-order valence-electron chi connectivity index (χ1n) is 6.82. The number of H-pyrrole nitrogens is 1. The van der Waals surface area contributed by atoms with Gasteiger partial charge in [0.05, 0.1) is 5.52 Å². The standard InChI is InChI=1S/C16H13N3O4/c20-14-12(16(22)19-23)15(21)18-11-7-10(8-17-13(11)14)6-9-4-2-1-3-5-9/h1-5,7-8,23H,6H2,(H,19,22)(H2,18,20,21). The van der Waals surface area contributed by atoms with Crippen LogP contribution in [0.15, 0.2) is 47.4 Å². The van der Waals surface area contributed by atoms with Crippen LogP contribution in [-0.4, -0.2) is 26.2 Å². The minimum atomic E-state index is -1.10. The second-order valence-corrected chi connectivity index (χ2v) is 5.02. The molecule has 0 aliphatic heterocycles. The lowest BCUT2D eigenvalue weighted by molar-refractivity contribution is 0.0702. The summed E-state index contributed by atoms with van der Waals surface area (Å²) in [6.45, 7) is 0. The number of pyridine rings is 2. The molecule has 4 N–H and O–H groups in total. The van der Waals surface area contributed by atoms with Gasteiger partial charge in [-0.15, -0.1) is 0 Å². The zero-order valence-corrected chi connectivity index (χ0v) is 11.9. The molecule has 1 amide bonds. The summed E-state index contributed by atoms with van der Waals surface area (Å²) >= 11 is 0. The number of aromatic nitrogens is 2. The first-order chi connectivity index (χ1) is 11.1. The zero-order chi connectivity index (χ0) is 16.4. The molecule has 0 saturated carbocycles. The zero-order valence-electron chi connectivity index (χ0n) is 11.9. The number of carbonyl (C=O) groups excluding carboxylic acids is 1. The van der Waals surface area contributed by atoms with E-state index >= 15 is 0 Å². The topological polar surface area (TPSA) is 115 Å².